The Morgan fingerprint density at radius 2 is 1.96 bits per heavy atom. The third kappa shape index (κ3) is 4.21. The molecule has 2 N–H and O–H groups in total. The van der Waals surface area contributed by atoms with Crippen LogP contribution in [-0.2, 0) is 4.74 Å². The summed E-state index contributed by atoms with van der Waals surface area (Å²) in [5.41, 5.74) is 2.00. The van der Waals surface area contributed by atoms with Crippen LogP contribution in [0, 0.1) is 0 Å². The van der Waals surface area contributed by atoms with Crippen LogP contribution in [0.3, 0.4) is 0 Å². The minimum atomic E-state index is -0.391. The molecule has 28 heavy (non-hydrogen) atoms. The molecule has 0 saturated carbocycles. The molecule has 3 heterocycles. The first kappa shape index (κ1) is 18.2. The Kier molecular flexibility index (Phi) is 5.36. The Morgan fingerprint density at radius 3 is 2.79 bits per heavy atom. The number of halogens is 1. The summed E-state index contributed by atoms with van der Waals surface area (Å²) < 4.78 is 7.02. The molecule has 1 aliphatic heterocycles. The number of ether oxygens (including phenoxy) is 1. The van der Waals surface area contributed by atoms with E-state index in [4.69, 9.17) is 16.3 Å². The molecule has 0 atom stereocenters. The number of rotatable bonds is 4. The van der Waals surface area contributed by atoms with Gasteiger partial charge in [0.2, 0.25) is 0 Å². The van der Waals surface area contributed by atoms with Crippen molar-refractivity contribution in [3.63, 3.8) is 0 Å². The highest BCUT2D eigenvalue weighted by Gasteiger charge is 2.18. The number of carbonyl (C=O) groups is 1. The number of nitrogens with one attached hydrogen (secondary N) is 2. The summed E-state index contributed by atoms with van der Waals surface area (Å²) in [5.74, 6) is 0.639. The van der Waals surface area contributed by atoms with Gasteiger partial charge in [0.15, 0.2) is 5.82 Å². The van der Waals surface area contributed by atoms with Crippen molar-refractivity contribution < 1.29 is 9.53 Å². The topological polar surface area (TPSA) is 97.2 Å². The van der Waals surface area contributed by atoms with Gasteiger partial charge in [-0.05, 0) is 18.2 Å². The maximum atomic E-state index is 12.2. The fourth-order valence-corrected chi connectivity index (χ4v) is 3.07. The van der Waals surface area contributed by atoms with E-state index in [0.29, 0.717) is 35.4 Å². The minimum absolute atomic E-state index is 0.391. The number of aromatic nitrogens is 4. The Morgan fingerprint density at radius 1 is 1.14 bits per heavy atom. The van der Waals surface area contributed by atoms with Gasteiger partial charge in [0.1, 0.15) is 12.0 Å². The van der Waals surface area contributed by atoms with Crippen molar-refractivity contribution in [1.29, 1.82) is 0 Å². The summed E-state index contributed by atoms with van der Waals surface area (Å²) in [6.45, 7) is 2.83. The molecular weight excluding hydrogens is 382 g/mol. The molecule has 10 heteroatoms. The maximum Gasteiger partial charge on any atom is 0.323 e. The number of morpholine rings is 1. The lowest BCUT2D eigenvalue weighted by Gasteiger charge is -2.29. The van der Waals surface area contributed by atoms with Crippen LogP contribution in [0.1, 0.15) is 0 Å². The molecule has 0 bridgehead atoms. The highest BCUT2D eigenvalue weighted by Crippen LogP contribution is 2.23. The number of hydrogen-bond donors (Lipinski definition) is 2. The molecule has 1 aromatic carbocycles. The number of urea groups is 1. The van der Waals surface area contributed by atoms with Crippen LogP contribution in [0.2, 0.25) is 5.02 Å². The van der Waals surface area contributed by atoms with Gasteiger partial charge in [-0.1, -0.05) is 17.7 Å². The van der Waals surface area contributed by atoms with Crippen LogP contribution in [0.5, 0.6) is 0 Å². The largest absolute Gasteiger partial charge is 0.378 e. The Labute approximate surface area is 166 Å². The van der Waals surface area contributed by atoms with Crippen LogP contribution in [0.4, 0.5) is 21.9 Å². The molecule has 0 radical (unpaired) electrons. The second-order valence-electron chi connectivity index (χ2n) is 6.09. The van der Waals surface area contributed by atoms with Crippen molar-refractivity contribution in [2.45, 2.75) is 0 Å². The fourth-order valence-electron chi connectivity index (χ4n) is 2.88. The summed E-state index contributed by atoms with van der Waals surface area (Å²) >= 11 is 5.93. The second-order valence-corrected chi connectivity index (χ2v) is 6.53. The predicted octanol–water partition coefficient (Wildman–Crippen LogP) is 2.80. The van der Waals surface area contributed by atoms with Crippen molar-refractivity contribution in [3.05, 3.63) is 54.2 Å². The standard InChI is InChI=1S/C18H18ClN7O2/c19-13-2-1-3-14(8-13)23-18(27)24-15-9-22-26(11-15)17-16(10-20-12-21-17)25-4-6-28-7-5-25/h1-3,8-12H,4-7H2,(H2,23,24,27). The predicted molar refractivity (Wildman–Crippen MR) is 106 cm³/mol. The lowest BCUT2D eigenvalue weighted by Crippen LogP contribution is -2.37. The number of anilines is 3. The fraction of sp³-hybridized carbons (Fsp3) is 0.222. The lowest BCUT2D eigenvalue weighted by atomic mass is 10.3. The molecule has 4 rings (SSSR count). The van der Waals surface area contributed by atoms with Crippen LogP contribution < -0.4 is 15.5 Å². The van der Waals surface area contributed by atoms with Crippen LogP contribution in [0.25, 0.3) is 5.82 Å². The summed E-state index contributed by atoms with van der Waals surface area (Å²) in [6, 6.07) is 6.53. The first-order valence-electron chi connectivity index (χ1n) is 8.70. The van der Waals surface area contributed by atoms with E-state index in [1.54, 1.807) is 47.5 Å². The summed E-state index contributed by atoms with van der Waals surface area (Å²) in [6.07, 6.45) is 6.49. The molecule has 3 aromatic rings. The van der Waals surface area contributed by atoms with Crippen LogP contribution in [0.15, 0.2) is 49.2 Å². The molecule has 9 nitrogen and oxygen atoms in total. The monoisotopic (exact) mass is 399 g/mol. The van der Waals surface area contributed by atoms with Crippen molar-refractivity contribution in [3.8, 4) is 5.82 Å². The van der Waals surface area contributed by atoms with Gasteiger partial charge in [-0.15, -0.1) is 0 Å². The normalized spacial score (nSPS) is 14.0. The number of benzene rings is 1. The van der Waals surface area contributed by atoms with Gasteiger partial charge in [-0.3, -0.25) is 0 Å². The molecule has 1 fully saturated rings. The third-order valence-corrected chi connectivity index (χ3v) is 4.40. The summed E-state index contributed by atoms with van der Waals surface area (Å²) in [7, 11) is 0. The minimum Gasteiger partial charge on any atom is -0.378 e. The van der Waals surface area contributed by atoms with E-state index in [-0.39, 0.29) is 0 Å². The first-order valence-corrected chi connectivity index (χ1v) is 9.08. The molecule has 2 aromatic heterocycles. The molecule has 1 aliphatic rings. The number of hydrogen-bond acceptors (Lipinski definition) is 6. The SMILES string of the molecule is O=C(Nc1cccc(Cl)c1)Nc1cnn(-c2ncncc2N2CCOCC2)c1. The zero-order valence-electron chi connectivity index (χ0n) is 14.9. The first-order chi connectivity index (χ1) is 13.7. The molecule has 0 spiro atoms. The van der Waals surface area contributed by atoms with E-state index < -0.39 is 6.03 Å². The maximum absolute atomic E-state index is 12.2. The van der Waals surface area contributed by atoms with Gasteiger partial charge in [0, 0.05) is 23.8 Å². The highest BCUT2D eigenvalue weighted by molar-refractivity contribution is 6.30. The van der Waals surface area contributed by atoms with Gasteiger partial charge >= 0.3 is 6.03 Å². The van der Waals surface area contributed by atoms with Crippen LogP contribution >= 0.6 is 11.6 Å². The number of nitrogens with zero attached hydrogens (tertiary/aromatic N) is 5. The molecule has 2 amide bonds. The molecular formula is C18H18ClN7O2. The van der Waals surface area contributed by atoms with E-state index in [2.05, 4.69) is 30.6 Å². The van der Waals surface area contributed by atoms with E-state index in [9.17, 15) is 4.79 Å². The van der Waals surface area contributed by atoms with Gasteiger partial charge in [0.05, 0.1) is 37.5 Å². The van der Waals surface area contributed by atoms with E-state index in [1.165, 1.54) is 6.33 Å². The van der Waals surface area contributed by atoms with Crippen molar-refractivity contribution in [2.75, 3.05) is 41.8 Å². The Hall–Kier alpha value is -3.17. The molecule has 1 saturated heterocycles. The highest BCUT2D eigenvalue weighted by atomic mass is 35.5. The molecule has 144 valence electrons. The second kappa shape index (κ2) is 8.24. The van der Waals surface area contributed by atoms with Crippen LogP contribution in [-0.4, -0.2) is 52.1 Å². The van der Waals surface area contributed by atoms with Gasteiger partial charge in [-0.2, -0.15) is 5.10 Å². The van der Waals surface area contributed by atoms with Crippen molar-refractivity contribution in [1.82, 2.24) is 19.7 Å². The van der Waals surface area contributed by atoms with E-state index >= 15 is 0 Å². The van der Waals surface area contributed by atoms with Gasteiger partial charge in [0.25, 0.3) is 0 Å². The van der Waals surface area contributed by atoms with Gasteiger partial charge < -0.3 is 20.3 Å². The number of amides is 2. The van der Waals surface area contributed by atoms with Gasteiger partial charge in [-0.25, -0.2) is 19.4 Å². The Balaban J connectivity index is 1.48. The lowest BCUT2D eigenvalue weighted by molar-refractivity contribution is 0.122. The zero-order valence-corrected chi connectivity index (χ0v) is 15.6. The van der Waals surface area contributed by atoms with E-state index in [0.717, 1.165) is 18.8 Å². The third-order valence-electron chi connectivity index (χ3n) is 4.16. The Bertz CT molecular complexity index is 972. The summed E-state index contributed by atoms with van der Waals surface area (Å²) in [5, 5.41) is 10.3. The smallest absolute Gasteiger partial charge is 0.323 e. The average Bonchev–Trinajstić information content (AvgIpc) is 3.17. The summed E-state index contributed by atoms with van der Waals surface area (Å²) in [4.78, 5) is 22.8. The molecule has 0 unspecified atom stereocenters. The van der Waals surface area contributed by atoms with E-state index in [1.807, 2.05) is 0 Å². The van der Waals surface area contributed by atoms with Crippen molar-refractivity contribution in [2.24, 2.45) is 0 Å². The zero-order chi connectivity index (χ0) is 19.3. The quantitative estimate of drug-likeness (QED) is 0.700. The van der Waals surface area contributed by atoms with Crippen molar-refractivity contribution >= 4 is 34.7 Å². The molecule has 0 aliphatic carbocycles. The average molecular weight is 400 g/mol. The number of carbonyl (C=O) groups excluding carboxylic acids is 1.